The number of halogens is 1. The minimum Gasteiger partial charge on any atom is -0.508 e. The number of aromatic amines is 1. The molecule has 2 N–H and O–H groups in total. The van der Waals surface area contributed by atoms with Gasteiger partial charge < -0.3 is 15.0 Å². The van der Waals surface area contributed by atoms with Crippen molar-refractivity contribution in [1.29, 1.82) is 0 Å². The zero-order valence-corrected chi connectivity index (χ0v) is 15.6. The van der Waals surface area contributed by atoms with Crippen molar-refractivity contribution in [2.45, 2.75) is 19.4 Å². The molecule has 1 unspecified atom stereocenters. The van der Waals surface area contributed by atoms with Gasteiger partial charge in [-0.05, 0) is 42.3 Å². The number of hydrogen-bond donors (Lipinski definition) is 2. The molecule has 1 atom stereocenters. The number of nitrogens with zero attached hydrogens (tertiary/aromatic N) is 4. The van der Waals surface area contributed by atoms with Gasteiger partial charge in [-0.15, -0.1) is 0 Å². The van der Waals surface area contributed by atoms with E-state index >= 15 is 0 Å². The second-order valence-corrected chi connectivity index (χ2v) is 7.28. The average Bonchev–Trinajstić information content (AvgIpc) is 3.31. The number of benzene rings is 1. The van der Waals surface area contributed by atoms with Crippen molar-refractivity contribution in [3.05, 3.63) is 83.1 Å². The maximum atomic E-state index is 14.9. The number of pyridine rings is 1. The second-order valence-electron chi connectivity index (χ2n) is 7.28. The highest BCUT2D eigenvalue weighted by atomic mass is 19.1. The van der Waals surface area contributed by atoms with E-state index in [0.717, 1.165) is 22.5 Å². The molecular weight excluding hydrogens is 373 g/mol. The number of rotatable bonds is 2. The van der Waals surface area contributed by atoms with Gasteiger partial charge in [0.1, 0.15) is 11.4 Å². The van der Waals surface area contributed by atoms with Gasteiger partial charge in [-0.1, -0.05) is 12.1 Å². The van der Waals surface area contributed by atoms with Crippen LogP contribution in [0, 0.1) is 12.9 Å². The van der Waals surface area contributed by atoms with Crippen molar-refractivity contribution in [1.82, 2.24) is 24.3 Å². The molecule has 0 bridgehead atoms. The summed E-state index contributed by atoms with van der Waals surface area (Å²) in [5.41, 5.74) is 3.58. The van der Waals surface area contributed by atoms with Crippen LogP contribution in [0.15, 0.2) is 48.9 Å². The van der Waals surface area contributed by atoms with Crippen LogP contribution in [0.3, 0.4) is 0 Å². The molecule has 1 aliphatic heterocycles. The third-order valence-corrected chi connectivity index (χ3v) is 5.32. The van der Waals surface area contributed by atoms with Crippen molar-refractivity contribution in [3.63, 3.8) is 0 Å². The third-order valence-electron chi connectivity index (χ3n) is 5.32. The molecular formula is C21H18FN5O2. The van der Waals surface area contributed by atoms with Gasteiger partial charge in [-0.2, -0.15) is 4.39 Å². The number of H-pyrrole nitrogens is 1. The van der Waals surface area contributed by atoms with E-state index in [0.29, 0.717) is 12.2 Å². The highest BCUT2D eigenvalue weighted by Gasteiger charge is 2.34. The molecule has 1 aromatic carbocycles. The molecule has 0 spiro atoms. The molecule has 5 rings (SSSR count). The molecule has 4 heterocycles. The summed E-state index contributed by atoms with van der Waals surface area (Å²) in [7, 11) is 0. The predicted molar refractivity (Wildman–Crippen MR) is 103 cm³/mol. The summed E-state index contributed by atoms with van der Waals surface area (Å²) in [6, 6.07) is 10.4. The molecule has 0 aliphatic carbocycles. The van der Waals surface area contributed by atoms with Gasteiger partial charge in [-0.25, -0.2) is 9.97 Å². The zero-order chi connectivity index (χ0) is 20.1. The zero-order valence-electron chi connectivity index (χ0n) is 15.6. The van der Waals surface area contributed by atoms with E-state index in [2.05, 4.69) is 15.0 Å². The molecule has 1 amide bonds. The first-order valence-electron chi connectivity index (χ1n) is 9.26. The smallest absolute Gasteiger partial charge is 0.277 e. The Morgan fingerprint density at radius 2 is 2.17 bits per heavy atom. The van der Waals surface area contributed by atoms with Crippen LogP contribution in [0.1, 0.15) is 38.9 Å². The van der Waals surface area contributed by atoms with Crippen molar-refractivity contribution in [2.75, 3.05) is 6.54 Å². The van der Waals surface area contributed by atoms with E-state index in [1.54, 1.807) is 47.8 Å². The lowest BCUT2D eigenvalue weighted by atomic mass is 9.90. The van der Waals surface area contributed by atoms with Gasteiger partial charge >= 0.3 is 0 Å². The average molecular weight is 391 g/mol. The molecule has 1 aliphatic rings. The molecule has 0 saturated carbocycles. The number of hydrogen-bond acceptors (Lipinski definition) is 4. The number of amides is 1. The van der Waals surface area contributed by atoms with E-state index in [1.165, 1.54) is 4.40 Å². The molecule has 8 heteroatoms. The highest BCUT2D eigenvalue weighted by Crippen LogP contribution is 2.33. The van der Waals surface area contributed by atoms with Gasteiger partial charge in [0.15, 0.2) is 5.69 Å². The lowest BCUT2D eigenvalue weighted by Gasteiger charge is -2.32. The fraction of sp³-hybridized carbons (Fsp3) is 0.190. The summed E-state index contributed by atoms with van der Waals surface area (Å²) in [6.45, 7) is 2.49. The first kappa shape index (κ1) is 17.4. The Morgan fingerprint density at radius 1 is 1.31 bits per heavy atom. The van der Waals surface area contributed by atoms with Crippen molar-refractivity contribution in [3.8, 4) is 5.75 Å². The molecule has 0 radical (unpaired) electrons. The van der Waals surface area contributed by atoms with Crippen LogP contribution in [-0.2, 0) is 6.54 Å². The number of aryl methyl sites for hydroxylation is 1. The van der Waals surface area contributed by atoms with E-state index < -0.39 is 11.9 Å². The van der Waals surface area contributed by atoms with Gasteiger partial charge in [0.2, 0.25) is 5.95 Å². The lowest BCUT2D eigenvalue weighted by Crippen LogP contribution is -2.39. The Kier molecular flexibility index (Phi) is 3.87. The first-order valence-corrected chi connectivity index (χ1v) is 9.26. The lowest BCUT2D eigenvalue weighted by molar-refractivity contribution is 0.0711. The summed E-state index contributed by atoms with van der Waals surface area (Å²) < 4.78 is 16.2. The first-order chi connectivity index (χ1) is 14.0. The number of nitrogens with one attached hydrogen (secondary N) is 1. The number of carbonyl (C=O) groups is 1. The summed E-state index contributed by atoms with van der Waals surface area (Å²) in [5.74, 6) is -1.24. The topological polar surface area (TPSA) is 86.5 Å². The SMILES string of the molecule is Cc1ccn2c(F)c(C(=O)N3Cc4[nH]cnc4C(c4cccc(O)c4)C3)nc2c1. The second kappa shape index (κ2) is 6.44. The van der Waals surface area contributed by atoms with Crippen molar-refractivity contribution in [2.24, 2.45) is 0 Å². The van der Waals surface area contributed by atoms with Gasteiger partial charge in [0.25, 0.3) is 5.91 Å². The van der Waals surface area contributed by atoms with Gasteiger partial charge in [0, 0.05) is 18.7 Å². The summed E-state index contributed by atoms with van der Waals surface area (Å²) in [6.07, 6.45) is 3.16. The van der Waals surface area contributed by atoms with Gasteiger partial charge in [-0.3, -0.25) is 9.20 Å². The number of aromatic hydroxyl groups is 1. The van der Waals surface area contributed by atoms with Crippen LogP contribution in [0.5, 0.6) is 5.75 Å². The van der Waals surface area contributed by atoms with Crippen LogP contribution in [0.25, 0.3) is 5.65 Å². The summed E-state index contributed by atoms with van der Waals surface area (Å²) >= 11 is 0. The third kappa shape index (κ3) is 2.84. The fourth-order valence-electron chi connectivity index (χ4n) is 3.88. The van der Waals surface area contributed by atoms with Crippen molar-refractivity contribution < 1.29 is 14.3 Å². The minimum absolute atomic E-state index is 0.143. The number of fused-ring (bicyclic) bond motifs is 2. The van der Waals surface area contributed by atoms with Gasteiger partial charge in [0.05, 0.1) is 24.3 Å². The Labute approximate surface area is 165 Å². The monoisotopic (exact) mass is 391 g/mol. The number of imidazole rings is 2. The van der Waals surface area contributed by atoms with Crippen LogP contribution in [0.4, 0.5) is 4.39 Å². The number of phenols is 1. The summed E-state index contributed by atoms with van der Waals surface area (Å²) in [4.78, 5) is 26.4. The number of aromatic nitrogens is 4. The molecule has 146 valence electrons. The van der Waals surface area contributed by atoms with E-state index in [1.807, 2.05) is 13.0 Å². The minimum atomic E-state index is -0.672. The Hall–Kier alpha value is -3.68. The highest BCUT2D eigenvalue weighted by molar-refractivity contribution is 5.93. The molecule has 3 aromatic heterocycles. The van der Waals surface area contributed by atoms with Crippen LogP contribution in [-0.4, -0.2) is 41.8 Å². The van der Waals surface area contributed by atoms with E-state index in [4.69, 9.17) is 0 Å². The predicted octanol–water partition coefficient (Wildman–Crippen LogP) is 3.00. The molecule has 0 fully saturated rings. The fourth-order valence-corrected chi connectivity index (χ4v) is 3.88. The van der Waals surface area contributed by atoms with Crippen LogP contribution in [0.2, 0.25) is 0 Å². The Bertz CT molecular complexity index is 1250. The summed E-state index contributed by atoms with van der Waals surface area (Å²) in [5, 5.41) is 9.86. The normalized spacial score (nSPS) is 16.2. The van der Waals surface area contributed by atoms with Crippen LogP contribution >= 0.6 is 0 Å². The standard InChI is InChI=1S/C21H18FN5O2/c1-12-5-6-27-17(7-12)25-19(20(27)22)21(29)26-9-15(13-3-2-4-14(28)8-13)18-16(10-26)23-11-24-18/h2-8,11,15,28H,9-10H2,1H3,(H,23,24). The maximum Gasteiger partial charge on any atom is 0.277 e. The Balaban J connectivity index is 1.54. The molecule has 7 nitrogen and oxygen atoms in total. The molecule has 4 aromatic rings. The van der Waals surface area contributed by atoms with Crippen molar-refractivity contribution >= 4 is 11.6 Å². The molecule has 29 heavy (non-hydrogen) atoms. The van der Waals surface area contributed by atoms with Crippen LogP contribution < -0.4 is 0 Å². The number of phenolic OH excluding ortho intramolecular Hbond substituents is 1. The largest absolute Gasteiger partial charge is 0.508 e. The molecule has 0 saturated heterocycles. The number of carbonyl (C=O) groups excluding carboxylic acids is 1. The quantitative estimate of drug-likeness (QED) is 0.550. The van der Waals surface area contributed by atoms with E-state index in [9.17, 15) is 14.3 Å². The Morgan fingerprint density at radius 3 is 3.00 bits per heavy atom. The van der Waals surface area contributed by atoms with E-state index in [-0.39, 0.29) is 23.9 Å². The maximum absolute atomic E-state index is 14.9.